The summed E-state index contributed by atoms with van der Waals surface area (Å²) in [7, 11) is 0. The second-order valence-corrected chi connectivity index (χ2v) is 1.37. The number of halogens is 1. The van der Waals surface area contributed by atoms with E-state index in [2.05, 4.69) is 4.98 Å². The Morgan fingerprint density at radius 3 is 2.88 bits per heavy atom. The standard InChI is InChI=1S/C4H5FN2O/c5-7-1-4(2-8)6-3-7/h1,3,8H,2H2. The monoisotopic (exact) mass is 116 g/mol. The zero-order valence-corrected chi connectivity index (χ0v) is 4.08. The lowest BCUT2D eigenvalue weighted by Crippen LogP contribution is -1.78. The van der Waals surface area contributed by atoms with Gasteiger partial charge in [0, 0.05) is 0 Å². The average molecular weight is 116 g/mol. The average Bonchev–Trinajstić information content (AvgIpc) is 2.14. The molecule has 0 radical (unpaired) electrons. The number of nitrogens with zero attached hydrogens (tertiary/aromatic N) is 2. The van der Waals surface area contributed by atoms with Crippen LogP contribution in [0, 0.1) is 0 Å². The highest BCUT2D eigenvalue weighted by atomic mass is 19.2. The highest BCUT2D eigenvalue weighted by molar-refractivity contribution is 4.91. The molecule has 44 valence electrons. The van der Waals surface area contributed by atoms with Crippen molar-refractivity contribution in [3.8, 4) is 0 Å². The minimum absolute atomic E-state index is 0.211. The zero-order valence-electron chi connectivity index (χ0n) is 4.08. The summed E-state index contributed by atoms with van der Waals surface area (Å²) in [5.74, 6) is 0. The van der Waals surface area contributed by atoms with Gasteiger partial charge in [-0.3, -0.25) is 0 Å². The Hall–Kier alpha value is -0.900. The molecule has 0 aliphatic heterocycles. The number of hydrogen-bond donors (Lipinski definition) is 1. The van der Waals surface area contributed by atoms with Crippen LogP contribution in [0.1, 0.15) is 5.69 Å². The van der Waals surface area contributed by atoms with Gasteiger partial charge in [0.05, 0.1) is 18.5 Å². The fourth-order valence-corrected chi connectivity index (χ4v) is 0.420. The van der Waals surface area contributed by atoms with Crippen molar-refractivity contribution in [2.75, 3.05) is 0 Å². The first-order chi connectivity index (χ1) is 3.83. The Kier molecular flexibility index (Phi) is 1.26. The van der Waals surface area contributed by atoms with Crippen molar-refractivity contribution in [2.45, 2.75) is 6.61 Å². The van der Waals surface area contributed by atoms with Crippen LogP contribution in [0.25, 0.3) is 0 Å². The zero-order chi connectivity index (χ0) is 5.98. The Bertz CT molecular complexity index is 174. The van der Waals surface area contributed by atoms with Gasteiger partial charge in [-0.25, -0.2) is 4.98 Å². The quantitative estimate of drug-likeness (QED) is 0.565. The summed E-state index contributed by atoms with van der Waals surface area (Å²) < 4.78 is 11.9. The molecule has 0 unspecified atom stereocenters. The smallest absolute Gasteiger partial charge is 0.126 e. The molecule has 0 aliphatic rings. The molecule has 1 heterocycles. The maximum Gasteiger partial charge on any atom is 0.126 e. The van der Waals surface area contributed by atoms with Gasteiger partial charge in [-0.1, -0.05) is 4.48 Å². The number of imidazole rings is 1. The van der Waals surface area contributed by atoms with E-state index in [-0.39, 0.29) is 6.61 Å². The highest BCUT2D eigenvalue weighted by Gasteiger charge is 1.91. The molecule has 1 N–H and O–H groups in total. The number of aromatic nitrogens is 2. The van der Waals surface area contributed by atoms with E-state index < -0.39 is 0 Å². The number of aliphatic hydroxyl groups is 1. The van der Waals surface area contributed by atoms with Crippen LogP contribution in [0.5, 0.6) is 0 Å². The molecule has 1 rings (SSSR count). The van der Waals surface area contributed by atoms with Crippen LogP contribution in [0.3, 0.4) is 0 Å². The van der Waals surface area contributed by atoms with Crippen LogP contribution in [0.4, 0.5) is 4.48 Å². The lowest BCUT2D eigenvalue weighted by atomic mass is 10.5. The van der Waals surface area contributed by atoms with Crippen LogP contribution >= 0.6 is 0 Å². The van der Waals surface area contributed by atoms with Gasteiger partial charge in [-0.2, -0.15) is 4.79 Å². The van der Waals surface area contributed by atoms with E-state index in [0.29, 0.717) is 10.5 Å². The van der Waals surface area contributed by atoms with E-state index in [9.17, 15) is 4.48 Å². The number of hydrogen-bond acceptors (Lipinski definition) is 2. The van der Waals surface area contributed by atoms with E-state index in [4.69, 9.17) is 5.11 Å². The van der Waals surface area contributed by atoms with Gasteiger partial charge in [0.25, 0.3) is 0 Å². The molecule has 3 nitrogen and oxygen atoms in total. The number of aliphatic hydroxyl groups excluding tert-OH is 1. The summed E-state index contributed by atoms with van der Waals surface area (Å²) in [4.78, 5) is 3.77. The first-order valence-electron chi connectivity index (χ1n) is 2.13. The summed E-state index contributed by atoms with van der Waals surface area (Å²) in [6, 6.07) is 0. The normalized spacial score (nSPS) is 9.75. The largest absolute Gasteiger partial charge is 0.390 e. The Labute approximate surface area is 45.3 Å². The van der Waals surface area contributed by atoms with Gasteiger partial charge in [-0.05, 0) is 0 Å². The fourth-order valence-electron chi connectivity index (χ4n) is 0.420. The Balaban J connectivity index is 2.84. The molecular weight excluding hydrogens is 111 g/mol. The molecular formula is C4H5FN2O. The third-order valence-corrected chi connectivity index (χ3v) is 0.768. The third kappa shape index (κ3) is 0.840. The van der Waals surface area contributed by atoms with Gasteiger partial charge < -0.3 is 5.11 Å². The molecule has 8 heavy (non-hydrogen) atoms. The van der Waals surface area contributed by atoms with Gasteiger partial charge >= 0.3 is 0 Å². The van der Waals surface area contributed by atoms with Crippen LogP contribution in [0.15, 0.2) is 12.5 Å². The van der Waals surface area contributed by atoms with E-state index in [0.717, 1.165) is 12.5 Å². The molecule has 0 spiro atoms. The maximum absolute atomic E-state index is 11.9. The molecule has 0 saturated heterocycles. The first-order valence-corrected chi connectivity index (χ1v) is 2.13. The fraction of sp³-hybridized carbons (Fsp3) is 0.250. The predicted molar refractivity (Wildman–Crippen MR) is 24.7 cm³/mol. The second kappa shape index (κ2) is 1.92. The lowest BCUT2D eigenvalue weighted by molar-refractivity contribution is 0.276. The summed E-state index contributed by atoms with van der Waals surface area (Å²) in [5, 5.41) is 8.31. The van der Waals surface area contributed by atoms with Crippen LogP contribution in [0.2, 0.25) is 0 Å². The predicted octanol–water partition coefficient (Wildman–Crippen LogP) is 0.108. The summed E-state index contributed by atoms with van der Waals surface area (Å²) in [5.41, 5.74) is 0.340. The van der Waals surface area contributed by atoms with Crippen molar-refractivity contribution in [3.63, 3.8) is 0 Å². The van der Waals surface area contributed by atoms with E-state index in [1.807, 2.05) is 0 Å². The summed E-state index contributed by atoms with van der Waals surface area (Å²) in [6.45, 7) is -0.211. The molecule has 0 amide bonds. The maximum atomic E-state index is 11.9. The molecule has 0 fully saturated rings. The third-order valence-electron chi connectivity index (χ3n) is 0.768. The molecule has 1 aromatic rings. The SMILES string of the molecule is OCc1cn(F)cn1. The molecule has 0 saturated carbocycles. The van der Waals surface area contributed by atoms with E-state index >= 15 is 0 Å². The number of rotatable bonds is 1. The van der Waals surface area contributed by atoms with Crippen molar-refractivity contribution in [1.82, 2.24) is 9.77 Å². The van der Waals surface area contributed by atoms with Crippen molar-refractivity contribution in [3.05, 3.63) is 18.2 Å². The molecule has 1 aromatic heterocycles. The summed E-state index contributed by atoms with van der Waals surface area (Å²) in [6.07, 6.45) is 2.10. The van der Waals surface area contributed by atoms with E-state index in [1.54, 1.807) is 0 Å². The first kappa shape index (κ1) is 5.24. The lowest BCUT2D eigenvalue weighted by Gasteiger charge is -1.78. The molecule has 0 aromatic carbocycles. The van der Waals surface area contributed by atoms with Gasteiger partial charge in [0.1, 0.15) is 6.33 Å². The van der Waals surface area contributed by atoms with Crippen molar-refractivity contribution < 1.29 is 9.59 Å². The Morgan fingerprint density at radius 2 is 2.62 bits per heavy atom. The summed E-state index contributed by atoms with van der Waals surface area (Å²) >= 11 is 0. The minimum atomic E-state index is -0.211. The molecule has 4 heteroatoms. The van der Waals surface area contributed by atoms with Gasteiger partial charge in [0.15, 0.2) is 0 Å². The van der Waals surface area contributed by atoms with Crippen LogP contribution in [-0.4, -0.2) is 14.9 Å². The van der Waals surface area contributed by atoms with Gasteiger partial charge in [-0.15, -0.1) is 0 Å². The van der Waals surface area contributed by atoms with Crippen molar-refractivity contribution >= 4 is 0 Å². The molecule has 0 aliphatic carbocycles. The van der Waals surface area contributed by atoms with Crippen LogP contribution < -0.4 is 0 Å². The van der Waals surface area contributed by atoms with Crippen molar-refractivity contribution in [2.24, 2.45) is 0 Å². The molecule has 0 atom stereocenters. The topological polar surface area (TPSA) is 38.0 Å². The second-order valence-electron chi connectivity index (χ2n) is 1.37. The van der Waals surface area contributed by atoms with E-state index in [1.165, 1.54) is 0 Å². The van der Waals surface area contributed by atoms with Crippen molar-refractivity contribution in [1.29, 1.82) is 0 Å². The Morgan fingerprint density at radius 1 is 1.88 bits per heavy atom. The van der Waals surface area contributed by atoms with Crippen LogP contribution in [-0.2, 0) is 6.61 Å². The van der Waals surface area contributed by atoms with Gasteiger partial charge in [0.2, 0.25) is 0 Å². The highest BCUT2D eigenvalue weighted by Crippen LogP contribution is 1.93. The molecule has 0 bridgehead atoms. The minimum Gasteiger partial charge on any atom is -0.390 e.